The van der Waals surface area contributed by atoms with Gasteiger partial charge < -0.3 is 14.8 Å². The van der Waals surface area contributed by atoms with Crippen LogP contribution in [0.1, 0.15) is 19.8 Å². The molecule has 1 aromatic heterocycles. The molecule has 0 aliphatic carbocycles. The van der Waals surface area contributed by atoms with Gasteiger partial charge in [-0.05, 0) is 50.1 Å². The number of hydrogen-bond donors (Lipinski definition) is 1. The van der Waals surface area contributed by atoms with E-state index in [-0.39, 0.29) is 36.0 Å². The number of hydrogen-bond acceptors (Lipinski definition) is 7. The number of halogens is 1. The standard InChI is InChI=1S/C20H22FN3O5S/c1-2-28-20(25)19-17-9-5-14(23-17)12-24(19)30(26,27)16-8-10-18(22-11-16)29-15-6-3-13(21)4-7-15/h3-4,6-8,10-11,14,17,19,23H,2,5,9,12H2,1H3/t14-,17+,19+/m1/s1. The van der Waals surface area contributed by atoms with Crippen molar-refractivity contribution < 1.29 is 27.1 Å². The maximum absolute atomic E-state index is 13.3. The molecular weight excluding hydrogens is 413 g/mol. The predicted molar refractivity (Wildman–Crippen MR) is 105 cm³/mol. The minimum Gasteiger partial charge on any atom is -0.465 e. The van der Waals surface area contributed by atoms with Crippen molar-refractivity contribution in [1.29, 1.82) is 0 Å². The molecule has 30 heavy (non-hydrogen) atoms. The predicted octanol–water partition coefficient (Wildman–Crippen LogP) is 2.07. The zero-order chi connectivity index (χ0) is 21.3. The lowest BCUT2D eigenvalue weighted by Crippen LogP contribution is -2.62. The van der Waals surface area contributed by atoms with Gasteiger partial charge in [-0.15, -0.1) is 0 Å². The van der Waals surface area contributed by atoms with Gasteiger partial charge in [0.1, 0.15) is 22.5 Å². The number of piperazine rings is 1. The lowest BCUT2D eigenvalue weighted by atomic mass is 10.1. The van der Waals surface area contributed by atoms with Gasteiger partial charge in [-0.1, -0.05) is 0 Å². The minimum absolute atomic E-state index is 0.00416. The second-order valence-corrected chi connectivity index (χ2v) is 9.10. The smallest absolute Gasteiger partial charge is 0.326 e. The average Bonchev–Trinajstić information content (AvgIpc) is 3.10. The van der Waals surface area contributed by atoms with Gasteiger partial charge >= 0.3 is 5.97 Å². The zero-order valence-electron chi connectivity index (χ0n) is 16.3. The molecular formula is C20H22FN3O5S. The lowest BCUT2D eigenvalue weighted by Gasteiger charge is -2.38. The van der Waals surface area contributed by atoms with Crippen LogP contribution >= 0.6 is 0 Å². The summed E-state index contributed by atoms with van der Waals surface area (Å²) in [6.07, 6.45) is 2.71. The van der Waals surface area contributed by atoms with Gasteiger partial charge in [-0.2, -0.15) is 4.31 Å². The fraction of sp³-hybridized carbons (Fsp3) is 0.400. The number of fused-ring (bicyclic) bond motifs is 2. The third-order valence-corrected chi connectivity index (χ3v) is 7.08. The number of esters is 1. The number of nitrogens with one attached hydrogen (secondary N) is 1. The normalized spacial score (nSPS) is 23.9. The molecule has 4 rings (SSSR count). The second-order valence-electron chi connectivity index (χ2n) is 7.21. The number of carbonyl (C=O) groups is 1. The molecule has 0 unspecified atom stereocenters. The summed E-state index contributed by atoms with van der Waals surface area (Å²) in [7, 11) is -3.97. The summed E-state index contributed by atoms with van der Waals surface area (Å²) in [5.41, 5.74) is 0. The molecule has 10 heteroatoms. The third kappa shape index (κ3) is 4.03. The number of sulfonamides is 1. The first-order chi connectivity index (χ1) is 14.4. The lowest BCUT2D eigenvalue weighted by molar-refractivity contribution is -0.149. The van der Waals surface area contributed by atoms with Crippen LogP contribution in [0.3, 0.4) is 0 Å². The highest BCUT2D eigenvalue weighted by Crippen LogP contribution is 2.31. The summed E-state index contributed by atoms with van der Waals surface area (Å²) < 4.78 is 51.5. The summed E-state index contributed by atoms with van der Waals surface area (Å²) in [6.45, 7) is 2.06. The Balaban J connectivity index is 1.57. The van der Waals surface area contributed by atoms with Gasteiger partial charge in [0.25, 0.3) is 0 Å². The Kier molecular flexibility index (Phi) is 5.72. The fourth-order valence-electron chi connectivity index (χ4n) is 3.87. The van der Waals surface area contributed by atoms with Crippen LogP contribution in [0.15, 0.2) is 47.5 Å². The number of carbonyl (C=O) groups excluding carboxylic acids is 1. The molecule has 2 aromatic rings. The van der Waals surface area contributed by atoms with Crippen molar-refractivity contribution in [1.82, 2.24) is 14.6 Å². The largest absolute Gasteiger partial charge is 0.465 e. The molecule has 0 saturated carbocycles. The SMILES string of the molecule is CCOC(=O)[C@@H]1[C@@H]2CC[C@H](CN1S(=O)(=O)c1ccc(Oc3ccc(F)cc3)nc1)N2. The van der Waals surface area contributed by atoms with Gasteiger partial charge in [-0.3, -0.25) is 4.79 Å². The van der Waals surface area contributed by atoms with Crippen molar-refractivity contribution in [3.63, 3.8) is 0 Å². The first-order valence-electron chi connectivity index (χ1n) is 9.72. The maximum atomic E-state index is 13.3. The molecule has 0 spiro atoms. The van der Waals surface area contributed by atoms with Gasteiger partial charge in [0.15, 0.2) is 0 Å². The van der Waals surface area contributed by atoms with Gasteiger partial charge in [0.2, 0.25) is 15.9 Å². The third-order valence-electron chi connectivity index (χ3n) is 5.25. The van der Waals surface area contributed by atoms with E-state index in [1.54, 1.807) is 6.92 Å². The molecule has 2 bridgehead atoms. The van der Waals surface area contributed by atoms with Crippen LogP contribution in [0.25, 0.3) is 0 Å². The van der Waals surface area contributed by atoms with Crippen LogP contribution in [0.5, 0.6) is 11.6 Å². The monoisotopic (exact) mass is 435 g/mol. The Labute approximate surface area is 174 Å². The Morgan fingerprint density at radius 1 is 1.23 bits per heavy atom. The number of pyridine rings is 1. The van der Waals surface area contributed by atoms with Crippen molar-refractivity contribution in [3.8, 4) is 11.6 Å². The van der Waals surface area contributed by atoms with Gasteiger partial charge in [0, 0.05) is 24.7 Å². The number of ether oxygens (including phenoxy) is 2. The Morgan fingerprint density at radius 2 is 2.00 bits per heavy atom. The van der Waals surface area contributed by atoms with Gasteiger partial charge in [-0.25, -0.2) is 17.8 Å². The number of nitrogens with zero attached hydrogens (tertiary/aromatic N) is 2. The van der Waals surface area contributed by atoms with Crippen molar-refractivity contribution in [3.05, 3.63) is 48.4 Å². The molecule has 2 fully saturated rings. The molecule has 0 radical (unpaired) electrons. The zero-order valence-corrected chi connectivity index (χ0v) is 17.1. The molecule has 1 aromatic carbocycles. The van der Waals surface area contributed by atoms with E-state index in [0.29, 0.717) is 12.2 Å². The molecule has 2 aliphatic heterocycles. The minimum atomic E-state index is -3.97. The Morgan fingerprint density at radius 3 is 2.67 bits per heavy atom. The van der Waals surface area contributed by atoms with E-state index >= 15 is 0 Å². The first-order valence-corrected chi connectivity index (χ1v) is 11.2. The molecule has 3 heterocycles. The van der Waals surface area contributed by atoms with Crippen LogP contribution in [0.2, 0.25) is 0 Å². The van der Waals surface area contributed by atoms with Crippen LogP contribution < -0.4 is 10.1 Å². The van der Waals surface area contributed by atoms with Crippen molar-refractivity contribution in [2.24, 2.45) is 0 Å². The number of benzene rings is 1. The van der Waals surface area contributed by atoms with E-state index in [2.05, 4.69) is 10.3 Å². The van der Waals surface area contributed by atoms with Crippen LogP contribution in [-0.2, 0) is 19.6 Å². The van der Waals surface area contributed by atoms with E-state index in [0.717, 1.165) is 6.42 Å². The fourth-order valence-corrected chi connectivity index (χ4v) is 5.48. The molecule has 2 aliphatic rings. The Hall–Kier alpha value is -2.56. The second kappa shape index (κ2) is 8.29. The summed E-state index contributed by atoms with van der Waals surface area (Å²) in [5, 5.41) is 3.30. The highest BCUT2D eigenvalue weighted by molar-refractivity contribution is 7.89. The molecule has 1 N–H and O–H groups in total. The Bertz CT molecular complexity index is 1010. The highest BCUT2D eigenvalue weighted by atomic mass is 32.2. The maximum Gasteiger partial charge on any atom is 0.326 e. The first kappa shape index (κ1) is 20.7. The van der Waals surface area contributed by atoms with E-state index in [4.69, 9.17) is 9.47 Å². The molecule has 2 saturated heterocycles. The molecule has 8 nitrogen and oxygen atoms in total. The van der Waals surface area contributed by atoms with Crippen LogP contribution in [0, 0.1) is 5.82 Å². The van der Waals surface area contributed by atoms with Gasteiger partial charge in [0.05, 0.1) is 12.8 Å². The highest BCUT2D eigenvalue weighted by Gasteiger charge is 2.49. The van der Waals surface area contributed by atoms with Crippen LogP contribution in [-0.4, -0.2) is 55.0 Å². The molecule has 0 amide bonds. The topological polar surface area (TPSA) is 97.8 Å². The summed E-state index contributed by atoms with van der Waals surface area (Å²) >= 11 is 0. The van der Waals surface area contributed by atoms with E-state index < -0.39 is 27.9 Å². The number of aromatic nitrogens is 1. The van der Waals surface area contributed by atoms with Crippen LogP contribution in [0.4, 0.5) is 4.39 Å². The van der Waals surface area contributed by atoms with E-state index in [1.165, 1.54) is 46.9 Å². The summed E-state index contributed by atoms with van der Waals surface area (Å²) in [6, 6.07) is 7.02. The molecule has 3 atom stereocenters. The van der Waals surface area contributed by atoms with E-state index in [1.807, 2.05) is 0 Å². The number of rotatable bonds is 6. The molecule has 160 valence electrons. The summed E-state index contributed by atoms with van der Waals surface area (Å²) in [5.74, 6) is -0.399. The van der Waals surface area contributed by atoms with Crippen molar-refractivity contribution in [2.45, 2.75) is 42.8 Å². The average molecular weight is 435 g/mol. The van der Waals surface area contributed by atoms with E-state index in [9.17, 15) is 17.6 Å². The van der Waals surface area contributed by atoms with Crippen molar-refractivity contribution >= 4 is 16.0 Å². The van der Waals surface area contributed by atoms with Crippen molar-refractivity contribution in [2.75, 3.05) is 13.2 Å². The summed E-state index contributed by atoms with van der Waals surface area (Å²) in [4.78, 5) is 16.6. The quantitative estimate of drug-likeness (QED) is 0.694.